The summed E-state index contributed by atoms with van der Waals surface area (Å²) in [5.41, 5.74) is 11.5. The van der Waals surface area contributed by atoms with E-state index in [1.165, 1.54) is 11.7 Å². The van der Waals surface area contributed by atoms with Crippen LogP contribution in [-0.2, 0) is 31.6 Å². The van der Waals surface area contributed by atoms with Crippen molar-refractivity contribution < 1.29 is 23.5 Å². The van der Waals surface area contributed by atoms with Crippen LogP contribution in [0.2, 0.25) is 0 Å². The van der Waals surface area contributed by atoms with E-state index in [4.69, 9.17) is 23.9 Å². The maximum Gasteiger partial charge on any atom is 0.199 e. The van der Waals surface area contributed by atoms with E-state index >= 15 is 0 Å². The Balaban J connectivity index is 1.71. The first-order chi connectivity index (χ1) is 15.2. The fourth-order valence-electron chi connectivity index (χ4n) is 3.22. The Morgan fingerprint density at radius 3 is 2.35 bits per heavy atom. The normalized spacial score (nSPS) is 26.1. The lowest BCUT2D eigenvalue weighted by Crippen LogP contribution is -2.59. The molecule has 166 valence electrons. The van der Waals surface area contributed by atoms with E-state index in [0.29, 0.717) is 12.0 Å². The minimum absolute atomic E-state index is 0.160. The zero-order valence-corrected chi connectivity index (χ0v) is 20.5. The van der Waals surface area contributed by atoms with Gasteiger partial charge < -0.3 is 19.3 Å². The molecule has 0 amide bonds. The standard InChI is InChI=1S/C20H23IN3O5PS/c21-30-31-29-20-18(25)19(27-12-15-9-5-2-6-10-15)17(23-24-22)16(28-20)13-26-11-14-7-3-1-4-8-14/h1-10,16-20,25,30H,11-13H2/t16-,17+,18?,19?,20+/m1/s1. The molecule has 11 heteroatoms. The first-order valence-corrected chi connectivity index (χ1v) is 15.1. The van der Waals surface area contributed by atoms with Crippen LogP contribution in [0, 0.1) is 0 Å². The van der Waals surface area contributed by atoms with E-state index in [9.17, 15) is 5.11 Å². The molecular weight excluding hydrogens is 552 g/mol. The minimum Gasteiger partial charge on any atom is -0.385 e. The molecule has 1 heterocycles. The molecule has 0 radical (unpaired) electrons. The zero-order valence-electron chi connectivity index (χ0n) is 16.5. The van der Waals surface area contributed by atoms with Gasteiger partial charge in [0, 0.05) is 22.0 Å². The lowest BCUT2D eigenvalue weighted by Gasteiger charge is -2.42. The van der Waals surface area contributed by atoms with Crippen LogP contribution in [0.5, 0.6) is 0 Å². The van der Waals surface area contributed by atoms with E-state index in [-0.39, 0.29) is 13.2 Å². The lowest BCUT2D eigenvalue weighted by atomic mass is 9.97. The Hall–Kier alpha value is -0.940. The van der Waals surface area contributed by atoms with Gasteiger partial charge in [-0.05, 0) is 38.7 Å². The maximum absolute atomic E-state index is 10.8. The Bertz CT molecular complexity index is 834. The van der Waals surface area contributed by atoms with Crippen LogP contribution >= 0.6 is 39.1 Å². The topological polar surface area (TPSA) is 106 Å². The summed E-state index contributed by atoms with van der Waals surface area (Å²) in [6.07, 6.45) is -3.49. The van der Waals surface area contributed by atoms with Crippen LogP contribution in [0.3, 0.4) is 0 Å². The van der Waals surface area contributed by atoms with Crippen molar-refractivity contribution >= 4 is 39.1 Å². The molecule has 0 spiro atoms. The summed E-state index contributed by atoms with van der Waals surface area (Å²) in [6.45, 7) is 0.802. The number of nitrogens with zero attached hydrogens (tertiary/aromatic N) is 3. The molecule has 31 heavy (non-hydrogen) atoms. The predicted molar refractivity (Wildman–Crippen MR) is 130 cm³/mol. The highest BCUT2D eigenvalue weighted by molar-refractivity contribution is 14.2. The maximum atomic E-state index is 10.8. The second kappa shape index (κ2) is 13.6. The Kier molecular flexibility index (Phi) is 10.8. The van der Waals surface area contributed by atoms with Gasteiger partial charge in [-0.2, -0.15) is 0 Å². The summed E-state index contributed by atoms with van der Waals surface area (Å²) in [4.78, 5) is 2.96. The van der Waals surface area contributed by atoms with Crippen LogP contribution in [-0.4, -0.2) is 42.4 Å². The quantitative estimate of drug-likeness (QED) is 0.0991. The average Bonchev–Trinajstić information content (AvgIpc) is 2.81. The summed E-state index contributed by atoms with van der Waals surface area (Å²) in [6, 6.07) is 18.6. The Morgan fingerprint density at radius 2 is 1.74 bits per heavy atom. The van der Waals surface area contributed by atoms with Crippen molar-refractivity contribution in [1.29, 1.82) is 0 Å². The second-order valence-electron chi connectivity index (χ2n) is 6.75. The van der Waals surface area contributed by atoms with E-state index in [1.807, 2.05) is 60.7 Å². The monoisotopic (exact) mass is 575 g/mol. The van der Waals surface area contributed by atoms with Crippen LogP contribution < -0.4 is 0 Å². The fraction of sp³-hybridized carbons (Fsp3) is 0.400. The van der Waals surface area contributed by atoms with Crippen LogP contribution in [0.1, 0.15) is 11.1 Å². The molecule has 6 atom stereocenters. The van der Waals surface area contributed by atoms with Gasteiger partial charge in [0.2, 0.25) is 0 Å². The number of hydrogen-bond acceptors (Lipinski definition) is 7. The molecule has 8 nitrogen and oxygen atoms in total. The summed E-state index contributed by atoms with van der Waals surface area (Å²) in [5, 5.41) is 14.7. The number of hydrogen-bond donors (Lipinski definition) is 1. The molecule has 1 saturated heterocycles. The van der Waals surface area contributed by atoms with Gasteiger partial charge in [-0.15, -0.1) is 0 Å². The van der Waals surface area contributed by atoms with Gasteiger partial charge in [-0.25, -0.2) is 0 Å². The Labute approximate surface area is 199 Å². The number of rotatable bonds is 11. The number of aliphatic hydroxyl groups excluding tert-OH is 1. The molecule has 0 aliphatic carbocycles. The minimum atomic E-state index is -1.12. The first-order valence-electron chi connectivity index (χ1n) is 9.56. The summed E-state index contributed by atoms with van der Waals surface area (Å²) < 4.78 is 23.4. The summed E-state index contributed by atoms with van der Waals surface area (Å²) in [5.74, 6) is 0. The largest absolute Gasteiger partial charge is 0.385 e. The van der Waals surface area contributed by atoms with Crippen molar-refractivity contribution in [3.05, 3.63) is 82.2 Å². The van der Waals surface area contributed by atoms with Gasteiger partial charge in [-0.3, -0.25) is 4.18 Å². The first kappa shape index (κ1) is 24.7. The molecule has 1 aliphatic heterocycles. The number of aliphatic hydroxyl groups is 1. The third-order valence-electron chi connectivity index (χ3n) is 4.68. The zero-order chi connectivity index (χ0) is 21.9. The highest BCUT2D eigenvalue weighted by Gasteiger charge is 2.46. The van der Waals surface area contributed by atoms with Crippen molar-refractivity contribution in [2.24, 2.45) is 5.11 Å². The van der Waals surface area contributed by atoms with Crippen molar-refractivity contribution in [2.75, 3.05) is 6.61 Å². The number of azide groups is 1. The van der Waals surface area contributed by atoms with Crippen LogP contribution in [0.25, 0.3) is 10.4 Å². The van der Waals surface area contributed by atoms with Gasteiger partial charge in [0.25, 0.3) is 0 Å². The highest BCUT2D eigenvalue weighted by atomic mass is 127. The molecule has 1 N–H and O–H groups in total. The van der Waals surface area contributed by atoms with E-state index < -0.39 is 30.6 Å². The van der Waals surface area contributed by atoms with E-state index in [0.717, 1.165) is 11.1 Å². The number of halogens is 1. The molecule has 0 bridgehead atoms. The molecule has 3 unspecified atom stereocenters. The van der Waals surface area contributed by atoms with Crippen LogP contribution in [0.4, 0.5) is 0 Å². The summed E-state index contributed by atoms with van der Waals surface area (Å²) >= 11 is 3.38. The predicted octanol–water partition coefficient (Wildman–Crippen LogP) is 5.16. The Morgan fingerprint density at radius 1 is 1.10 bits per heavy atom. The smallest absolute Gasteiger partial charge is 0.199 e. The van der Waals surface area contributed by atoms with Crippen molar-refractivity contribution in [3.63, 3.8) is 0 Å². The third-order valence-corrected chi connectivity index (χ3v) is 7.12. The fourth-order valence-corrected chi connectivity index (χ4v) is 4.83. The molecular formula is C20H23IN3O5PS. The molecule has 2 aromatic carbocycles. The highest BCUT2D eigenvalue weighted by Crippen LogP contribution is 2.41. The molecule has 0 aromatic heterocycles. The SMILES string of the molecule is [N-]=[N+]=N[C@@H]1C(OCc2ccccc2)C(O)[C@H](OSPI)O[C@@H]1COCc1ccccc1. The van der Waals surface area contributed by atoms with Gasteiger partial charge >= 0.3 is 0 Å². The van der Waals surface area contributed by atoms with Crippen molar-refractivity contribution in [3.8, 4) is 0 Å². The van der Waals surface area contributed by atoms with Crippen molar-refractivity contribution in [2.45, 2.75) is 43.9 Å². The number of ether oxygens (including phenoxy) is 3. The van der Waals surface area contributed by atoms with Crippen LogP contribution in [0.15, 0.2) is 65.8 Å². The van der Waals surface area contributed by atoms with Gasteiger partial charge in [0.15, 0.2) is 6.29 Å². The molecule has 1 fully saturated rings. The van der Waals surface area contributed by atoms with E-state index in [2.05, 4.69) is 32.1 Å². The molecule has 2 aromatic rings. The summed E-state index contributed by atoms with van der Waals surface area (Å²) in [7, 11) is 0. The number of benzene rings is 2. The van der Waals surface area contributed by atoms with Gasteiger partial charge in [0.05, 0.1) is 38.1 Å². The molecule has 3 rings (SSSR count). The second-order valence-corrected chi connectivity index (χ2v) is 12.2. The lowest BCUT2D eigenvalue weighted by molar-refractivity contribution is -0.256. The van der Waals surface area contributed by atoms with E-state index in [1.54, 1.807) is 0 Å². The third kappa shape index (κ3) is 7.56. The molecule has 1 aliphatic rings. The van der Waals surface area contributed by atoms with Gasteiger partial charge in [-0.1, -0.05) is 65.8 Å². The average molecular weight is 575 g/mol. The van der Waals surface area contributed by atoms with Gasteiger partial charge in [0.1, 0.15) is 6.10 Å². The van der Waals surface area contributed by atoms with Crippen molar-refractivity contribution in [1.82, 2.24) is 0 Å². The molecule has 0 saturated carbocycles.